The highest BCUT2D eigenvalue weighted by molar-refractivity contribution is 4.97. The predicted molar refractivity (Wildman–Crippen MR) is 69.1 cm³/mol. The van der Waals surface area contributed by atoms with Gasteiger partial charge in [0.15, 0.2) is 0 Å². The number of piperidine rings is 1. The SMILES string of the molecule is CC1CN(C)C(C)CC1NC1CC2CCC1O2. The van der Waals surface area contributed by atoms with E-state index in [1.54, 1.807) is 0 Å². The Hall–Kier alpha value is -0.120. The largest absolute Gasteiger partial charge is 0.373 e. The lowest BCUT2D eigenvalue weighted by Gasteiger charge is -2.41. The van der Waals surface area contributed by atoms with Gasteiger partial charge in [0.2, 0.25) is 0 Å². The van der Waals surface area contributed by atoms with Gasteiger partial charge in [-0.15, -0.1) is 0 Å². The lowest BCUT2D eigenvalue weighted by atomic mass is 9.87. The van der Waals surface area contributed by atoms with Gasteiger partial charge in [0.05, 0.1) is 12.2 Å². The third-order valence-corrected chi connectivity index (χ3v) is 5.14. The fraction of sp³-hybridized carbons (Fsp3) is 1.00. The molecule has 3 rings (SSSR count). The number of hydrogen-bond donors (Lipinski definition) is 1. The second-order valence-corrected chi connectivity index (χ2v) is 6.49. The first kappa shape index (κ1) is 11.9. The van der Waals surface area contributed by atoms with E-state index in [1.165, 1.54) is 32.2 Å². The van der Waals surface area contributed by atoms with Gasteiger partial charge in [-0.3, -0.25) is 0 Å². The van der Waals surface area contributed by atoms with Gasteiger partial charge in [0.1, 0.15) is 0 Å². The lowest BCUT2D eigenvalue weighted by molar-refractivity contribution is 0.0827. The summed E-state index contributed by atoms with van der Waals surface area (Å²) in [7, 11) is 2.25. The van der Waals surface area contributed by atoms with E-state index in [2.05, 4.69) is 31.1 Å². The molecule has 3 fully saturated rings. The highest BCUT2D eigenvalue weighted by atomic mass is 16.5. The highest BCUT2D eigenvalue weighted by Gasteiger charge is 2.42. The molecule has 3 saturated heterocycles. The lowest BCUT2D eigenvalue weighted by Crippen LogP contribution is -2.54. The van der Waals surface area contributed by atoms with Crippen LogP contribution in [0.25, 0.3) is 0 Å². The minimum absolute atomic E-state index is 0.516. The van der Waals surface area contributed by atoms with Crippen molar-refractivity contribution in [3.05, 3.63) is 0 Å². The van der Waals surface area contributed by atoms with Gasteiger partial charge in [-0.25, -0.2) is 0 Å². The zero-order chi connectivity index (χ0) is 12.0. The number of nitrogens with one attached hydrogen (secondary N) is 1. The second-order valence-electron chi connectivity index (χ2n) is 6.49. The summed E-state index contributed by atoms with van der Waals surface area (Å²) in [6.45, 7) is 5.95. The standard InChI is InChI=1S/C14H26N2O/c1-9-8-16(3)10(2)6-12(9)15-13-7-11-4-5-14(13)17-11/h9-15H,4-8H2,1-3H3. The topological polar surface area (TPSA) is 24.5 Å². The number of nitrogens with zero attached hydrogens (tertiary/aromatic N) is 1. The van der Waals surface area contributed by atoms with Gasteiger partial charge >= 0.3 is 0 Å². The van der Waals surface area contributed by atoms with Crippen LogP contribution in [-0.4, -0.2) is 48.8 Å². The Morgan fingerprint density at radius 1 is 1.12 bits per heavy atom. The first-order chi connectivity index (χ1) is 8.13. The smallest absolute Gasteiger partial charge is 0.0733 e. The maximum atomic E-state index is 5.94. The van der Waals surface area contributed by atoms with Crippen molar-refractivity contribution in [1.29, 1.82) is 0 Å². The van der Waals surface area contributed by atoms with Crippen LogP contribution in [0, 0.1) is 5.92 Å². The predicted octanol–water partition coefficient (Wildman–Crippen LogP) is 1.62. The zero-order valence-electron chi connectivity index (χ0n) is 11.4. The molecule has 0 amide bonds. The molecule has 3 aliphatic heterocycles. The van der Waals surface area contributed by atoms with E-state index in [4.69, 9.17) is 4.74 Å². The molecule has 0 aromatic heterocycles. The molecule has 0 aromatic rings. The summed E-state index contributed by atoms with van der Waals surface area (Å²) in [6, 6.07) is 2.04. The van der Waals surface area contributed by atoms with Crippen molar-refractivity contribution in [3.8, 4) is 0 Å². The van der Waals surface area contributed by atoms with Crippen LogP contribution < -0.4 is 5.32 Å². The fourth-order valence-electron chi connectivity index (χ4n) is 3.86. The molecule has 1 N–H and O–H groups in total. The van der Waals surface area contributed by atoms with Crippen LogP contribution in [-0.2, 0) is 4.74 Å². The van der Waals surface area contributed by atoms with E-state index >= 15 is 0 Å². The third kappa shape index (κ3) is 2.25. The molecule has 2 bridgehead atoms. The van der Waals surface area contributed by atoms with E-state index in [0.29, 0.717) is 30.3 Å². The van der Waals surface area contributed by atoms with Crippen LogP contribution in [0.2, 0.25) is 0 Å². The minimum Gasteiger partial charge on any atom is -0.373 e. The summed E-state index contributed by atoms with van der Waals surface area (Å²) in [6.07, 6.45) is 6.18. The van der Waals surface area contributed by atoms with E-state index < -0.39 is 0 Å². The summed E-state index contributed by atoms with van der Waals surface area (Å²) < 4.78 is 5.94. The molecule has 6 unspecified atom stereocenters. The second kappa shape index (κ2) is 4.52. The van der Waals surface area contributed by atoms with Gasteiger partial charge in [-0.2, -0.15) is 0 Å². The number of rotatable bonds is 2. The highest BCUT2D eigenvalue weighted by Crippen LogP contribution is 2.35. The van der Waals surface area contributed by atoms with Crippen molar-refractivity contribution >= 4 is 0 Å². The third-order valence-electron chi connectivity index (χ3n) is 5.14. The first-order valence-corrected chi connectivity index (χ1v) is 7.25. The van der Waals surface area contributed by atoms with Gasteiger partial charge in [-0.05, 0) is 45.6 Å². The number of likely N-dealkylation sites (tertiary alicyclic amines) is 1. The van der Waals surface area contributed by atoms with Crippen LogP contribution in [0.3, 0.4) is 0 Å². The Bertz CT molecular complexity index is 283. The van der Waals surface area contributed by atoms with Gasteiger partial charge < -0.3 is 15.0 Å². The van der Waals surface area contributed by atoms with E-state index in [-0.39, 0.29) is 0 Å². The van der Waals surface area contributed by atoms with Crippen LogP contribution in [0.5, 0.6) is 0 Å². The van der Waals surface area contributed by atoms with Crippen molar-refractivity contribution < 1.29 is 4.74 Å². The van der Waals surface area contributed by atoms with Crippen LogP contribution in [0.15, 0.2) is 0 Å². The van der Waals surface area contributed by atoms with Gasteiger partial charge in [0.25, 0.3) is 0 Å². The number of ether oxygens (including phenoxy) is 1. The first-order valence-electron chi connectivity index (χ1n) is 7.25. The molecule has 0 spiro atoms. The van der Waals surface area contributed by atoms with Crippen LogP contribution in [0.1, 0.15) is 39.5 Å². The Morgan fingerprint density at radius 2 is 1.94 bits per heavy atom. The molecule has 0 saturated carbocycles. The Balaban J connectivity index is 1.58. The van der Waals surface area contributed by atoms with E-state index in [0.717, 1.165) is 5.92 Å². The number of fused-ring (bicyclic) bond motifs is 2. The molecular weight excluding hydrogens is 212 g/mol. The molecule has 98 valence electrons. The molecule has 6 atom stereocenters. The average molecular weight is 238 g/mol. The zero-order valence-corrected chi connectivity index (χ0v) is 11.4. The van der Waals surface area contributed by atoms with Crippen molar-refractivity contribution in [1.82, 2.24) is 10.2 Å². The number of hydrogen-bond acceptors (Lipinski definition) is 3. The summed E-state index contributed by atoms with van der Waals surface area (Å²) in [5, 5.41) is 3.90. The van der Waals surface area contributed by atoms with Crippen molar-refractivity contribution in [3.63, 3.8) is 0 Å². The van der Waals surface area contributed by atoms with Crippen molar-refractivity contribution in [2.75, 3.05) is 13.6 Å². The Labute approximate surface area is 105 Å². The molecule has 17 heavy (non-hydrogen) atoms. The molecule has 3 aliphatic rings. The molecule has 0 radical (unpaired) electrons. The maximum absolute atomic E-state index is 5.94. The van der Waals surface area contributed by atoms with Crippen molar-refractivity contribution in [2.45, 2.75) is 69.9 Å². The van der Waals surface area contributed by atoms with E-state index in [1.807, 2.05) is 0 Å². The van der Waals surface area contributed by atoms with Crippen molar-refractivity contribution in [2.24, 2.45) is 5.92 Å². The van der Waals surface area contributed by atoms with Crippen LogP contribution in [0.4, 0.5) is 0 Å². The molecule has 3 heterocycles. The quantitative estimate of drug-likeness (QED) is 0.791. The minimum atomic E-state index is 0.516. The molecule has 3 heteroatoms. The van der Waals surface area contributed by atoms with E-state index in [9.17, 15) is 0 Å². The van der Waals surface area contributed by atoms with Gasteiger partial charge in [-0.1, -0.05) is 6.92 Å². The normalized spacial score (nSPS) is 51.0. The van der Waals surface area contributed by atoms with Crippen LogP contribution >= 0.6 is 0 Å². The summed E-state index contributed by atoms with van der Waals surface area (Å²) in [5.41, 5.74) is 0. The molecular formula is C14H26N2O. The Kier molecular flexibility index (Phi) is 3.18. The summed E-state index contributed by atoms with van der Waals surface area (Å²) in [4.78, 5) is 2.49. The summed E-state index contributed by atoms with van der Waals surface area (Å²) >= 11 is 0. The molecule has 3 nitrogen and oxygen atoms in total. The molecule has 0 aromatic carbocycles. The average Bonchev–Trinajstić information content (AvgIpc) is 2.87. The summed E-state index contributed by atoms with van der Waals surface area (Å²) in [5.74, 6) is 0.760. The Morgan fingerprint density at radius 3 is 2.59 bits per heavy atom. The monoisotopic (exact) mass is 238 g/mol. The van der Waals surface area contributed by atoms with Gasteiger partial charge in [0, 0.05) is 24.7 Å². The molecule has 0 aliphatic carbocycles. The fourth-order valence-corrected chi connectivity index (χ4v) is 3.86. The maximum Gasteiger partial charge on any atom is 0.0733 e.